The average molecular weight is 262 g/mol. The molecule has 0 saturated carbocycles. The SMILES string of the molecule is CCc1oc(-c2cc(OC)c(OC)cc2N)nc1C. The molecule has 2 N–H and O–H groups in total. The number of benzene rings is 1. The largest absolute Gasteiger partial charge is 0.493 e. The Morgan fingerprint density at radius 1 is 1.21 bits per heavy atom. The molecular formula is C14H18N2O3. The summed E-state index contributed by atoms with van der Waals surface area (Å²) in [5.41, 5.74) is 8.15. The third kappa shape index (κ3) is 2.36. The van der Waals surface area contributed by atoms with Gasteiger partial charge in [-0.05, 0) is 13.0 Å². The third-order valence-corrected chi connectivity index (χ3v) is 3.00. The molecule has 1 aromatic carbocycles. The summed E-state index contributed by atoms with van der Waals surface area (Å²) >= 11 is 0. The number of anilines is 1. The molecule has 0 saturated heterocycles. The van der Waals surface area contributed by atoms with Crippen LogP contribution < -0.4 is 15.2 Å². The number of oxazole rings is 1. The van der Waals surface area contributed by atoms with Gasteiger partial charge >= 0.3 is 0 Å². The molecule has 0 aliphatic rings. The fourth-order valence-corrected chi connectivity index (χ4v) is 1.95. The number of hydrogen-bond acceptors (Lipinski definition) is 5. The normalized spacial score (nSPS) is 10.5. The highest BCUT2D eigenvalue weighted by Crippen LogP contribution is 2.37. The molecule has 0 aliphatic carbocycles. The van der Waals surface area contributed by atoms with Gasteiger partial charge in [-0.25, -0.2) is 4.98 Å². The van der Waals surface area contributed by atoms with Crippen LogP contribution in [0.4, 0.5) is 5.69 Å². The van der Waals surface area contributed by atoms with Crippen molar-refractivity contribution in [2.75, 3.05) is 20.0 Å². The Balaban J connectivity index is 2.54. The topological polar surface area (TPSA) is 70.5 Å². The second-order valence-corrected chi connectivity index (χ2v) is 4.18. The Kier molecular flexibility index (Phi) is 3.64. The van der Waals surface area contributed by atoms with E-state index in [0.717, 1.165) is 17.9 Å². The zero-order chi connectivity index (χ0) is 14.0. The van der Waals surface area contributed by atoms with Crippen molar-refractivity contribution in [1.82, 2.24) is 4.98 Å². The molecule has 102 valence electrons. The van der Waals surface area contributed by atoms with Crippen molar-refractivity contribution in [3.05, 3.63) is 23.6 Å². The van der Waals surface area contributed by atoms with Gasteiger partial charge < -0.3 is 19.6 Å². The van der Waals surface area contributed by atoms with Gasteiger partial charge in [-0.2, -0.15) is 0 Å². The Morgan fingerprint density at radius 3 is 2.37 bits per heavy atom. The fraction of sp³-hybridized carbons (Fsp3) is 0.357. The van der Waals surface area contributed by atoms with Crippen molar-refractivity contribution in [1.29, 1.82) is 0 Å². The molecular weight excluding hydrogens is 244 g/mol. The van der Waals surface area contributed by atoms with E-state index in [1.54, 1.807) is 26.4 Å². The summed E-state index contributed by atoms with van der Waals surface area (Å²) in [5.74, 6) is 2.56. The van der Waals surface area contributed by atoms with Gasteiger partial charge in [0.15, 0.2) is 11.5 Å². The van der Waals surface area contributed by atoms with Crippen LogP contribution in [0.2, 0.25) is 0 Å². The molecule has 0 aliphatic heterocycles. The third-order valence-electron chi connectivity index (χ3n) is 3.00. The number of nitrogens with zero attached hydrogens (tertiary/aromatic N) is 1. The molecule has 1 heterocycles. The van der Waals surface area contributed by atoms with Crippen LogP contribution in [0.3, 0.4) is 0 Å². The molecule has 5 nitrogen and oxygen atoms in total. The zero-order valence-corrected chi connectivity index (χ0v) is 11.6. The van der Waals surface area contributed by atoms with Crippen LogP contribution >= 0.6 is 0 Å². The van der Waals surface area contributed by atoms with Crippen molar-refractivity contribution in [2.24, 2.45) is 0 Å². The van der Waals surface area contributed by atoms with Crippen molar-refractivity contribution < 1.29 is 13.9 Å². The molecule has 0 bridgehead atoms. The molecule has 0 amide bonds. The number of rotatable bonds is 4. The van der Waals surface area contributed by atoms with E-state index >= 15 is 0 Å². The predicted octanol–water partition coefficient (Wildman–Crippen LogP) is 2.81. The molecule has 1 aromatic heterocycles. The highest BCUT2D eigenvalue weighted by Gasteiger charge is 2.16. The first-order valence-electron chi connectivity index (χ1n) is 6.08. The van der Waals surface area contributed by atoms with E-state index in [9.17, 15) is 0 Å². The molecule has 2 rings (SSSR count). The standard InChI is InChI=1S/C14H18N2O3/c1-5-11-8(2)16-14(19-11)9-6-12(17-3)13(18-4)7-10(9)15/h6-7H,5,15H2,1-4H3. The fourth-order valence-electron chi connectivity index (χ4n) is 1.95. The van der Waals surface area contributed by atoms with Crippen molar-refractivity contribution in [3.8, 4) is 23.0 Å². The molecule has 2 aromatic rings. The molecule has 0 fully saturated rings. The minimum atomic E-state index is 0.507. The molecule has 0 radical (unpaired) electrons. The summed E-state index contributed by atoms with van der Waals surface area (Å²) in [6.45, 7) is 3.94. The Hall–Kier alpha value is -2.17. The van der Waals surface area contributed by atoms with Gasteiger partial charge in [0, 0.05) is 18.2 Å². The number of ether oxygens (including phenoxy) is 2. The first-order chi connectivity index (χ1) is 9.10. The summed E-state index contributed by atoms with van der Waals surface area (Å²) in [6, 6.07) is 3.48. The molecule has 5 heteroatoms. The summed E-state index contributed by atoms with van der Waals surface area (Å²) in [5, 5.41) is 0. The van der Waals surface area contributed by atoms with Crippen molar-refractivity contribution in [2.45, 2.75) is 20.3 Å². The monoisotopic (exact) mass is 262 g/mol. The highest BCUT2D eigenvalue weighted by atomic mass is 16.5. The maximum Gasteiger partial charge on any atom is 0.228 e. The lowest BCUT2D eigenvalue weighted by molar-refractivity contribution is 0.355. The van der Waals surface area contributed by atoms with Gasteiger partial charge in [0.2, 0.25) is 5.89 Å². The van der Waals surface area contributed by atoms with Crippen molar-refractivity contribution in [3.63, 3.8) is 0 Å². The van der Waals surface area contributed by atoms with Crippen LogP contribution in [0.1, 0.15) is 18.4 Å². The number of methoxy groups -OCH3 is 2. The average Bonchev–Trinajstić information content (AvgIpc) is 2.79. The maximum atomic E-state index is 6.02. The lowest BCUT2D eigenvalue weighted by Crippen LogP contribution is -1.96. The van der Waals surface area contributed by atoms with E-state index in [1.165, 1.54) is 0 Å². The van der Waals surface area contributed by atoms with Gasteiger partial charge in [-0.15, -0.1) is 0 Å². The van der Waals surface area contributed by atoms with Crippen LogP contribution in [-0.2, 0) is 6.42 Å². The van der Waals surface area contributed by atoms with Crippen LogP contribution in [0.25, 0.3) is 11.5 Å². The number of nitrogens with two attached hydrogens (primary N) is 1. The number of nitrogen functional groups attached to an aromatic ring is 1. The van der Waals surface area contributed by atoms with E-state index in [0.29, 0.717) is 28.6 Å². The van der Waals surface area contributed by atoms with E-state index in [2.05, 4.69) is 4.98 Å². The van der Waals surface area contributed by atoms with Crippen molar-refractivity contribution >= 4 is 5.69 Å². The quantitative estimate of drug-likeness (QED) is 0.858. The second kappa shape index (κ2) is 5.22. The molecule has 0 unspecified atom stereocenters. The number of aromatic nitrogens is 1. The Labute approximate surface area is 112 Å². The van der Waals surface area contributed by atoms with Gasteiger partial charge in [-0.1, -0.05) is 6.92 Å². The molecule has 19 heavy (non-hydrogen) atoms. The molecule has 0 spiro atoms. The minimum Gasteiger partial charge on any atom is -0.493 e. The summed E-state index contributed by atoms with van der Waals surface area (Å²) in [4.78, 5) is 4.40. The van der Waals surface area contributed by atoms with Crippen LogP contribution in [-0.4, -0.2) is 19.2 Å². The highest BCUT2D eigenvalue weighted by molar-refractivity contribution is 5.75. The lowest BCUT2D eigenvalue weighted by Gasteiger charge is -2.10. The Morgan fingerprint density at radius 2 is 1.84 bits per heavy atom. The lowest BCUT2D eigenvalue weighted by atomic mass is 10.1. The smallest absolute Gasteiger partial charge is 0.228 e. The summed E-state index contributed by atoms with van der Waals surface area (Å²) in [7, 11) is 3.15. The van der Waals surface area contributed by atoms with Crippen LogP contribution in [0.5, 0.6) is 11.5 Å². The van der Waals surface area contributed by atoms with E-state index in [-0.39, 0.29) is 0 Å². The summed E-state index contributed by atoms with van der Waals surface area (Å²) in [6.07, 6.45) is 0.798. The predicted molar refractivity (Wildman–Crippen MR) is 73.6 cm³/mol. The minimum absolute atomic E-state index is 0.507. The maximum absolute atomic E-state index is 6.02. The number of hydrogen-bond donors (Lipinski definition) is 1. The molecule has 0 atom stereocenters. The van der Waals surface area contributed by atoms with E-state index in [4.69, 9.17) is 19.6 Å². The van der Waals surface area contributed by atoms with E-state index < -0.39 is 0 Å². The summed E-state index contributed by atoms with van der Waals surface area (Å²) < 4.78 is 16.2. The van der Waals surface area contributed by atoms with Crippen LogP contribution in [0.15, 0.2) is 16.5 Å². The zero-order valence-electron chi connectivity index (χ0n) is 11.6. The Bertz CT molecular complexity index is 591. The first-order valence-corrected chi connectivity index (χ1v) is 6.08. The van der Waals surface area contributed by atoms with Gasteiger partial charge in [-0.3, -0.25) is 0 Å². The van der Waals surface area contributed by atoms with E-state index in [1.807, 2.05) is 13.8 Å². The van der Waals surface area contributed by atoms with Gasteiger partial charge in [0.1, 0.15) is 5.76 Å². The van der Waals surface area contributed by atoms with Gasteiger partial charge in [0.05, 0.1) is 25.5 Å². The number of aryl methyl sites for hydroxylation is 2. The second-order valence-electron chi connectivity index (χ2n) is 4.18. The van der Waals surface area contributed by atoms with Crippen LogP contribution in [0, 0.1) is 6.92 Å². The van der Waals surface area contributed by atoms with Gasteiger partial charge in [0.25, 0.3) is 0 Å². The first kappa shape index (κ1) is 13.3.